The Morgan fingerprint density at radius 2 is 0.966 bits per heavy atom. The summed E-state index contributed by atoms with van der Waals surface area (Å²) in [7, 11) is -5.05. The van der Waals surface area contributed by atoms with Crippen molar-refractivity contribution in [1.82, 2.24) is 0 Å². The molecule has 0 heterocycles. The number of rotatable bonds is 14. The van der Waals surface area contributed by atoms with Crippen LogP contribution in [0.15, 0.2) is 157 Å². The number of ether oxygens (including phenoxy) is 4. The Balaban J connectivity index is 1.45. The lowest BCUT2D eigenvalue weighted by molar-refractivity contribution is -0.129. The number of carbonyl (C=O) groups is 4. The Kier molecular flexibility index (Phi) is 14.1. The lowest BCUT2D eigenvalue weighted by Gasteiger charge is -2.44. The molecule has 0 bridgehead atoms. The van der Waals surface area contributed by atoms with Crippen LogP contribution >= 0.6 is 11.8 Å². The maximum absolute atomic E-state index is 13.9. The summed E-state index contributed by atoms with van der Waals surface area (Å²) < 4.78 is 61.7. The lowest BCUT2D eigenvalue weighted by atomic mass is 9.82. The van der Waals surface area contributed by atoms with Crippen LogP contribution in [0.2, 0.25) is 0 Å². The second-order valence-corrected chi connectivity index (χ2v) is 15.3. The van der Waals surface area contributed by atoms with Crippen molar-refractivity contribution in [2.75, 3.05) is 6.61 Å². The number of thioether (sulfide) groups is 1. The number of hydrogen-bond acceptors (Lipinski definition) is 13. The first-order chi connectivity index (χ1) is 28.0. The van der Waals surface area contributed by atoms with E-state index in [0.29, 0.717) is 5.56 Å². The zero-order chi connectivity index (χ0) is 40.9. The molecule has 1 saturated carbocycles. The van der Waals surface area contributed by atoms with Crippen molar-refractivity contribution in [3.05, 3.63) is 179 Å². The summed E-state index contributed by atoms with van der Waals surface area (Å²) >= 11 is 0.925. The van der Waals surface area contributed by atoms with Crippen LogP contribution < -0.4 is 0 Å². The van der Waals surface area contributed by atoms with Gasteiger partial charge in [0.05, 0.1) is 34.1 Å². The van der Waals surface area contributed by atoms with Gasteiger partial charge in [-0.05, 0) is 60.5 Å². The molecule has 1 aliphatic rings. The van der Waals surface area contributed by atoms with E-state index in [4.69, 9.17) is 18.9 Å². The van der Waals surface area contributed by atoms with Crippen LogP contribution in [0.1, 0.15) is 53.4 Å². The fourth-order valence-corrected chi connectivity index (χ4v) is 7.82. The van der Waals surface area contributed by atoms with Crippen molar-refractivity contribution in [3.8, 4) is 0 Å². The van der Waals surface area contributed by atoms with Crippen LogP contribution in [0, 0.1) is 5.92 Å². The van der Waals surface area contributed by atoms with E-state index >= 15 is 0 Å². The third kappa shape index (κ3) is 11.6. The average molecular weight is 824 g/mol. The molecule has 0 aliphatic heterocycles. The molecule has 6 rings (SSSR count). The molecule has 0 amide bonds. The lowest BCUT2D eigenvalue weighted by Crippen LogP contribution is -2.58. The summed E-state index contributed by atoms with van der Waals surface area (Å²) in [6.07, 6.45) is -4.37. The molecule has 15 heteroatoms. The number of oxime groups is 1. The van der Waals surface area contributed by atoms with Gasteiger partial charge >= 0.3 is 34.3 Å². The van der Waals surface area contributed by atoms with Crippen molar-refractivity contribution in [2.45, 2.75) is 36.4 Å². The molecule has 0 radical (unpaired) electrons. The molecular weight excluding hydrogens is 787 g/mol. The van der Waals surface area contributed by atoms with Crippen molar-refractivity contribution in [3.63, 3.8) is 0 Å². The summed E-state index contributed by atoms with van der Waals surface area (Å²) in [6.45, 7) is -0.358. The summed E-state index contributed by atoms with van der Waals surface area (Å²) in [5, 5.41) is 2.82. The molecule has 1 aliphatic carbocycles. The fourth-order valence-electron chi connectivity index (χ4n) is 6.22. The molecule has 13 nitrogen and oxygen atoms in total. The van der Waals surface area contributed by atoms with E-state index in [2.05, 4.69) is 9.44 Å². The Bertz CT molecular complexity index is 2300. The van der Waals surface area contributed by atoms with Gasteiger partial charge in [-0.25, -0.2) is 23.5 Å². The number of nitrogens with zero attached hydrogens (tertiary/aromatic N) is 1. The molecule has 298 valence electrons. The van der Waals surface area contributed by atoms with E-state index < -0.39 is 63.8 Å². The summed E-state index contributed by atoms with van der Waals surface area (Å²) in [5.74, 6) is -4.04. The van der Waals surface area contributed by atoms with Crippen LogP contribution in [0.3, 0.4) is 0 Å². The second kappa shape index (κ2) is 19.7. The second-order valence-electron chi connectivity index (χ2n) is 13.0. The van der Waals surface area contributed by atoms with E-state index in [1.54, 1.807) is 115 Å². The monoisotopic (exact) mass is 823 g/mol. The summed E-state index contributed by atoms with van der Waals surface area (Å²) in [5.41, 5.74) is 1.40. The van der Waals surface area contributed by atoms with Crippen LogP contribution in [0.4, 0.5) is 0 Å². The molecule has 5 atom stereocenters. The first kappa shape index (κ1) is 41.3. The van der Waals surface area contributed by atoms with Crippen LogP contribution in [-0.4, -0.2) is 72.1 Å². The first-order valence-corrected chi connectivity index (χ1v) is 20.2. The zero-order valence-electron chi connectivity index (χ0n) is 30.6. The summed E-state index contributed by atoms with van der Waals surface area (Å²) in [4.78, 5) is 54.9. The van der Waals surface area contributed by atoms with Crippen LogP contribution in [0.25, 0.3) is 0 Å². The van der Waals surface area contributed by atoms with Crippen molar-refractivity contribution in [2.24, 2.45) is 11.1 Å². The maximum atomic E-state index is 13.9. The molecule has 1 fully saturated rings. The number of esters is 4. The fraction of sp³-hybridized carbons (Fsp3) is 0.186. The van der Waals surface area contributed by atoms with Crippen molar-refractivity contribution < 1.29 is 55.4 Å². The molecule has 0 aromatic heterocycles. The molecule has 58 heavy (non-hydrogen) atoms. The van der Waals surface area contributed by atoms with E-state index in [0.717, 1.165) is 11.8 Å². The Hall–Kier alpha value is -6.29. The van der Waals surface area contributed by atoms with Crippen molar-refractivity contribution >= 4 is 51.1 Å². The van der Waals surface area contributed by atoms with Gasteiger partial charge in [-0.3, -0.25) is 4.55 Å². The highest BCUT2D eigenvalue weighted by Gasteiger charge is 2.52. The third-order valence-corrected chi connectivity index (χ3v) is 10.4. The maximum Gasteiger partial charge on any atom is 0.466 e. The summed E-state index contributed by atoms with van der Waals surface area (Å²) in [6, 6.07) is 41.1. The minimum atomic E-state index is -5.05. The largest absolute Gasteiger partial charge is 0.466 e. The predicted molar refractivity (Wildman–Crippen MR) is 213 cm³/mol. The number of benzene rings is 5. The topological polar surface area (TPSA) is 181 Å². The van der Waals surface area contributed by atoms with Gasteiger partial charge in [0.15, 0.2) is 12.2 Å². The van der Waals surface area contributed by atoms with E-state index in [1.165, 1.54) is 36.4 Å². The standard InChI is InChI=1S/C43H37NO12S2/c45-40(30-18-8-2-9-19-30)52-28-34-27-35(57-36(44-56-58(49,50)51)26-29-16-6-1-7-17-29)38(54-42(47)32-22-12-4-13-23-32)39(55-43(48)33-24-14-5-15-25-33)37(34)53-41(46)31-20-10-3-11-21-31/h1-25,34-35,37-39H,26-28H2,(H,49,50,51)/b44-36-/t34-,35-,37-,38+,39+/m1/s1. The molecule has 0 unspecified atom stereocenters. The van der Waals surface area contributed by atoms with E-state index in [9.17, 15) is 32.1 Å². The van der Waals surface area contributed by atoms with Gasteiger partial charge in [0.25, 0.3) is 0 Å². The average Bonchev–Trinajstić information content (AvgIpc) is 3.25. The Labute approximate surface area is 338 Å². The van der Waals surface area contributed by atoms with Gasteiger partial charge in [0.1, 0.15) is 11.1 Å². The number of hydrogen-bond donors (Lipinski definition) is 1. The quantitative estimate of drug-likeness (QED) is 0.0302. The van der Waals surface area contributed by atoms with E-state index in [1.807, 2.05) is 0 Å². The highest BCUT2D eigenvalue weighted by Crippen LogP contribution is 2.40. The smallest absolute Gasteiger partial charge is 0.462 e. The molecule has 1 N–H and O–H groups in total. The molecule has 0 spiro atoms. The Morgan fingerprint density at radius 1 is 0.569 bits per heavy atom. The normalized spacial score (nSPS) is 19.3. The van der Waals surface area contributed by atoms with Crippen LogP contribution in [0.5, 0.6) is 0 Å². The first-order valence-electron chi connectivity index (χ1n) is 18.0. The van der Waals surface area contributed by atoms with E-state index in [-0.39, 0.29) is 46.7 Å². The van der Waals surface area contributed by atoms with Gasteiger partial charge in [-0.2, -0.15) is 8.42 Å². The molecule has 5 aromatic rings. The highest BCUT2D eigenvalue weighted by molar-refractivity contribution is 8.14. The molecule has 0 saturated heterocycles. The SMILES string of the molecule is O=C(OC[C@H]1C[C@@H](S/C(Cc2ccccc2)=N\OS(=O)(=O)O)[C@H](OC(=O)c2ccccc2)[C@@H](OC(=O)c2ccccc2)[C@@H]1OC(=O)c1ccccc1)c1ccccc1. The van der Waals surface area contributed by atoms with Crippen molar-refractivity contribution in [1.29, 1.82) is 0 Å². The number of carbonyl (C=O) groups excluding carboxylic acids is 4. The van der Waals surface area contributed by atoms with Gasteiger partial charge in [0.2, 0.25) is 0 Å². The molecular formula is C43H37NO12S2. The predicted octanol–water partition coefficient (Wildman–Crippen LogP) is 7.02. The van der Waals surface area contributed by atoms with Gasteiger partial charge in [-0.1, -0.05) is 120 Å². The van der Waals surface area contributed by atoms with Gasteiger partial charge in [-0.15, -0.1) is 0 Å². The van der Waals surface area contributed by atoms with Gasteiger partial charge in [0, 0.05) is 12.3 Å². The van der Waals surface area contributed by atoms with Crippen LogP contribution in [-0.2, 0) is 40.1 Å². The minimum absolute atomic E-state index is 0.00850. The van der Waals surface area contributed by atoms with Gasteiger partial charge < -0.3 is 18.9 Å². The Morgan fingerprint density at radius 3 is 1.41 bits per heavy atom. The molecule has 5 aromatic carbocycles. The third-order valence-electron chi connectivity index (χ3n) is 8.93. The highest BCUT2D eigenvalue weighted by atomic mass is 32.3. The zero-order valence-corrected chi connectivity index (χ0v) is 32.3. The minimum Gasteiger partial charge on any atom is -0.462 e.